The van der Waals surface area contributed by atoms with Crippen molar-refractivity contribution in [1.29, 1.82) is 0 Å². The predicted molar refractivity (Wildman–Crippen MR) is 76.5 cm³/mol. The minimum absolute atomic E-state index is 0.229. The van der Waals surface area contributed by atoms with Crippen LogP contribution < -0.4 is 4.83 Å². The number of nitrogens with one attached hydrogen (secondary N) is 1. The zero-order valence-corrected chi connectivity index (χ0v) is 12.0. The molecule has 0 saturated heterocycles. The summed E-state index contributed by atoms with van der Waals surface area (Å²) in [5, 5.41) is 4.04. The van der Waals surface area contributed by atoms with Gasteiger partial charge in [-0.1, -0.05) is 36.8 Å². The Morgan fingerprint density at radius 1 is 1.42 bits per heavy atom. The van der Waals surface area contributed by atoms with Crippen LogP contribution in [0.15, 0.2) is 46.4 Å². The quantitative estimate of drug-likeness (QED) is 0.511. The van der Waals surface area contributed by atoms with E-state index in [1.165, 1.54) is 0 Å². The second-order valence-corrected chi connectivity index (χ2v) is 6.44. The van der Waals surface area contributed by atoms with Gasteiger partial charge in [0, 0.05) is 11.6 Å². The minimum Gasteiger partial charge on any atom is -0.200 e. The second kappa shape index (κ2) is 5.17. The first-order chi connectivity index (χ1) is 8.94. The van der Waals surface area contributed by atoms with Crippen molar-refractivity contribution in [3.05, 3.63) is 42.0 Å². The molecule has 1 aromatic rings. The minimum atomic E-state index is -3.57. The fourth-order valence-corrected chi connectivity index (χ4v) is 2.69. The van der Waals surface area contributed by atoms with Crippen LogP contribution in [0.25, 0.3) is 0 Å². The predicted octanol–water partition coefficient (Wildman–Crippen LogP) is 2.62. The Morgan fingerprint density at radius 2 is 2.00 bits per heavy atom. The van der Waals surface area contributed by atoms with Gasteiger partial charge < -0.3 is 0 Å². The molecule has 1 aliphatic carbocycles. The van der Waals surface area contributed by atoms with Gasteiger partial charge in [0.25, 0.3) is 10.0 Å². The van der Waals surface area contributed by atoms with E-state index < -0.39 is 10.0 Å². The summed E-state index contributed by atoms with van der Waals surface area (Å²) in [5.41, 5.74) is 2.99. The lowest BCUT2D eigenvalue weighted by Crippen LogP contribution is -2.20. The lowest BCUT2D eigenvalue weighted by atomic mass is 10.2. The van der Waals surface area contributed by atoms with Gasteiger partial charge in [0.1, 0.15) is 0 Å². The molecule has 0 spiro atoms. The zero-order chi connectivity index (χ0) is 14.0. The SMILES string of the molecule is C=C1CC1/C(CC)=N/NS(=O)(=O)c1ccc(C)cc1. The molecule has 0 amide bonds. The van der Waals surface area contributed by atoms with Crippen LogP contribution in [0.2, 0.25) is 0 Å². The summed E-state index contributed by atoms with van der Waals surface area (Å²) in [6.45, 7) is 7.75. The van der Waals surface area contributed by atoms with Crippen molar-refractivity contribution in [2.24, 2.45) is 11.0 Å². The molecule has 4 nitrogen and oxygen atoms in total. The molecule has 1 unspecified atom stereocenters. The van der Waals surface area contributed by atoms with E-state index in [1.807, 2.05) is 13.8 Å². The summed E-state index contributed by atoms with van der Waals surface area (Å²) in [6.07, 6.45) is 1.64. The molecule has 2 rings (SSSR count). The first-order valence-corrected chi connectivity index (χ1v) is 7.75. The molecule has 1 N–H and O–H groups in total. The maximum Gasteiger partial charge on any atom is 0.276 e. The Balaban J connectivity index is 2.15. The molecule has 102 valence electrons. The number of sulfonamides is 1. The molecular formula is C14H18N2O2S. The van der Waals surface area contributed by atoms with Crippen molar-refractivity contribution in [3.8, 4) is 0 Å². The van der Waals surface area contributed by atoms with E-state index in [0.29, 0.717) is 0 Å². The van der Waals surface area contributed by atoms with Crippen LogP contribution in [0.4, 0.5) is 0 Å². The first kappa shape index (κ1) is 13.8. The Labute approximate surface area is 114 Å². The van der Waals surface area contributed by atoms with E-state index in [9.17, 15) is 8.42 Å². The largest absolute Gasteiger partial charge is 0.276 e. The molecule has 0 aliphatic heterocycles. The smallest absolute Gasteiger partial charge is 0.200 e. The number of hydrogen-bond donors (Lipinski definition) is 1. The average Bonchev–Trinajstić information content (AvgIpc) is 3.07. The second-order valence-electron chi connectivity index (χ2n) is 4.78. The molecule has 0 heterocycles. The normalized spacial score (nSPS) is 19.4. The number of hydrazone groups is 1. The lowest BCUT2D eigenvalue weighted by molar-refractivity contribution is 0.584. The molecule has 1 saturated carbocycles. The Hall–Kier alpha value is -1.62. The van der Waals surface area contributed by atoms with Gasteiger partial charge >= 0.3 is 0 Å². The highest BCUT2D eigenvalue weighted by atomic mass is 32.2. The van der Waals surface area contributed by atoms with Crippen molar-refractivity contribution in [2.45, 2.75) is 31.6 Å². The van der Waals surface area contributed by atoms with E-state index in [4.69, 9.17) is 0 Å². The fourth-order valence-electron chi connectivity index (χ4n) is 1.85. The van der Waals surface area contributed by atoms with Crippen molar-refractivity contribution >= 4 is 15.7 Å². The van der Waals surface area contributed by atoms with E-state index in [-0.39, 0.29) is 10.8 Å². The topological polar surface area (TPSA) is 58.5 Å². The number of allylic oxidation sites excluding steroid dienone is 1. The number of hydrogen-bond acceptors (Lipinski definition) is 3. The summed E-state index contributed by atoms with van der Waals surface area (Å²) >= 11 is 0. The van der Waals surface area contributed by atoms with E-state index in [1.54, 1.807) is 24.3 Å². The molecule has 0 aromatic heterocycles. The maximum absolute atomic E-state index is 12.0. The highest BCUT2D eigenvalue weighted by molar-refractivity contribution is 7.89. The third kappa shape index (κ3) is 3.23. The van der Waals surface area contributed by atoms with E-state index in [0.717, 1.165) is 29.7 Å². The van der Waals surface area contributed by atoms with Crippen LogP contribution in [0.1, 0.15) is 25.3 Å². The summed E-state index contributed by atoms with van der Waals surface area (Å²) in [6, 6.07) is 6.69. The Morgan fingerprint density at radius 3 is 2.47 bits per heavy atom. The van der Waals surface area contributed by atoms with Gasteiger partial charge in [-0.15, -0.1) is 0 Å². The number of rotatable bonds is 5. The van der Waals surface area contributed by atoms with Gasteiger partial charge in [-0.05, 0) is 31.9 Å². The van der Waals surface area contributed by atoms with Crippen molar-refractivity contribution in [3.63, 3.8) is 0 Å². The van der Waals surface area contributed by atoms with Crippen molar-refractivity contribution in [2.75, 3.05) is 0 Å². The molecular weight excluding hydrogens is 260 g/mol. The van der Waals surface area contributed by atoms with Crippen LogP contribution in [0.3, 0.4) is 0 Å². The summed E-state index contributed by atoms with van der Waals surface area (Å²) in [5.74, 6) is 0.255. The van der Waals surface area contributed by atoms with Crippen LogP contribution in [0, 0.1) is 12.8 Å². The Bertz CT molecular complexity index is 615. The molecule has 19 heavy (non-hydrogen) atoms. The van der Waals surface area contributed by atoms with Crippen LogP contribution in [0.5, 0.6) is 0 Å². The fraction of sp³-hybridized carbons (Fsp3) is 0.357. The standard InChI is InChI=1S/C14H18N2O2S/c1-4-14(13-9-11(13)3)15-16-19(17,18)12-7-5-10(2)6-8-12/h5-8,13,16H,3-4,9H2,1-2H3/b15-14+. The highest BCUT2D eigenvalue weighted by Crippen LogP contribution is 2.37. The van der Waals surface area contributed by atoms with Crippen molar-refractivity contribution in [1.82, 2.24) is 4.83 Å². The number of aryl methyl sites for hydroxylation is 1. The van der Waals surface area contributed by atoms with Crippen LogP contribution in [-0.2, 0) is 10.0 Å². The maximum atomic E-state index is 12.0. The number of nitrogens with zero attached hydrogens (tertiary/aromatic N) is 1. The van der Waals surface area contributed by atoms with Crippen LogP contribution in [-0.4, -0.2) is 14.1 Å². The molecule has 0 radical (unpaired) electrons. The summed E-state index contributed by atoms with van der Waals surface area (Å²) < 4.78 is 24.1. The van der Waals surface area contributed by atoms with Gasteiger partial charge in [0.15, 0.2) is 0 Å². The molecule has 1 atom stereocenters. The Kier molecular flexibility index (Phi) is 3.75. The molecule has 0 bridgehead atoms. The monoisotopic (exact) mass is 278 g/mol. The van der Waals surface area contributed by atoms with Gasteiger partial charge in [-0.2, -0.15) is 13.5 Å². The van der Waals surface area contributed by atoms with Gasteiger partial charge in [-0.25, -0.2) is 4.83 Å². The van der Waals surface area contributed by atoms with Crippen LogP contribution >= 0.6 is 0 Å². The molecule has 1 aromatic carbocycles. The van der Waals surface area contributed by atoms with Gasteiger partial charge in [0.05, 0.1) is 4.90 Å². The van der Waals surface area contributed by atoms with Crippen molar-refractivity contribution < 1.29 is 8.42 Å². The van der Waals surface area contributed by atoms with Gasteiger partial charge in [-0.3, -0.25) is 0 Å². The van der Waals surface area contributed by atoms with E-state index >= 15 is 0 Å². The summed E-state index contributed by atoms with van der Waals surface area (Å²) in [7, 11) is -3.57. The lowest BCUT2D eigenvalue weighted by Gasteiger charge is -2.06. The number of benzene rings is 1. The zero-order valence-electron chi connectivity index (χ0n) is 11.2. The van der Waals surface area contributed by atoms with E-state index in [2.05, 4.69) is 16.5 Å². The third-order valence-electron chi connectivity index (χ3n) is 3.20. The average molecular weight is 278 g/mol. The molecule has 5 heteroatoms. The van der Waals surface area contributed by atoms with Gasteiger partial charge in [0.2, 0.25) is 0 Å². The third-order valence-corrected chi connectivity index (χ3v) is 4.43. The summed E-state index contributed by atoms with van der Waals surface area (Å²) in [4.78, 5) is 2.54. The molecule has 1 aliphatic rings. The molecule has 1 fully saturated rings. The highest BCUT2D eigenvalue weighted by Gasteiger charge is 2.32. The first-order valence-electron chi connectivity index (χ1n) is 6.26.